The molecule has 1 heterocycles. The van der Waals surface area contributed by atoms with Gasteiger partial charge in [-0.3, -0.25) is 0 Å². The van der Waals surface area contributed by atoms with E-state index < -0.39 is 0 Å². The van der Waals surface area contributed by atoms with E-state index in [0.717, 1.165) is 21.3 Å². The molecule has 0 fully saturated rings. The van der Waals surface area contributed by atoms with Crippen LogP contribution in [0.25, 0.3) is 0 Å². The first kappa shape index (κ1) is 16.4. The Morgan fingerprint density at radius 3 is 2.83 bits per heavy atom. The Morgan fingerprint density at radius 2 is 2.08 bits per heavy atom. The maximum Gasteiger partial charge on any atom is 0.242 e. The monoisotopic (exact) mass is 387 g/mol. The third-order valence-corrected chi connectivity index (χ3v) is 4.05. The van der Waals surface area contributed by atoms with Crippen LogP contribution in [0.15, 0.2) is 46.9 Å². The summed E-state index contributed by atoms with van der Waals surface area (Å²) in [6.07, 6.45) is 0. The number of rotatable bonds is 6. The van der Waals surface area contributed by atoms with E-state index in [4.69, 9.17) is 4.74 Å². The Bertz CT molecular complexity index is 833. The molecule has 124 valence electrons. The molecule has 6 nitrogen and oxygen atoms in total. The van der Waals surface area contributed by atoms with Gasteiger partial charge in [-0.15, -0.1) is 0 Å². The van der Waals surface area contributed by atoms with Gasteiger partial charge in [0.25, 0.3) is 0 Å². The fraction of sp³-hybridized carbons (Fsp3) is 0.235. The molecule has 0 aliphatic carbocycles. The quantitative estimate of drug-likeness (QED) is 0.701. The Morgan fingerprint density at radius 1 is 1.21 bits per heavy atom. The largest absolute Gasteiger partial charge is 0.489 e. The van der Waals surface area contributed by atoms with Gasteiger partial charge >= 0.3 is 0 Å². The van der Waals surface area contributed by atoms with Crippen molar-refractivity contribution in [1.82, 2.24) is 20.2 Å². The van der Waals surface area contributed by atoms with Gasteiger partial charge in [0.1, 0.15) is 12.4 Å². The van der Waals surface area contributed by atoms with E-state index in [1.165, 1.54) is 5.56 Å². The summed E-state index contributed by atoms with van der Waals surface area (Å²) < 4.78 is 8.60. The van der Waals surface area contributed by atoms with Crippen LogP contribution < -0.4 is 10.1 Å². The van der Waals surface area contributed by atoms with Crippen LogP contribution in [0.3, 0.4) is 0 Å². The van der Waals surface area contributed by atoms with Crippen LogP contribution in [0, 0.1) is 6.92 Å². The van der Waals surface area contributed by atoms with Crippen molar-refractivity contribution in [3.05, 3.63) is 63.6 Å². The smallest absolute Gasteiger partial charge is 0.242 e. The van der Waals surface area contributed by atoms with Crippen LogP contribution in [0.5, 0.6) is 5.75 Å². The standard InChI is InChI=1S/C17H18BrN5O/c1-12-4-3-5-13(8-12)11-24-16-7-6-15(18)9-14(16)10-19-17-20-21-22-23(17)2/h3-9H,10-11H2,1-2H3,(H,19,20,22). The number of ether oxygens (including phenoxy) is 1. The first-order valence-electron chi connectivity index (χ1n) is 7.55. The molecular formula is C17H18BrN5O. The van der Waals surface area contributed by atoms with Crippen molar-refractivity contribution in [3.63, 3.8) is 0 Å². The molecule has 0 atom stereocenters. The van der Waals surface area contributed by atoms with Gasteiger partial charge in [0, 0.05) is 23.6 Å². The summed E-state index contributed by atoms with van der Waals surface area (Å²) in [5.74, 6) is 1.45. The fourth-order valence-electron chi connectivity index (χ4n) is 2.34. The fourth-order valence-corrected chi connectivity index (χ4v) is 2.75. The molecule has 24 heavy (non-hydrogen) atoms. The van der Waals surface area contributed by atoms with Crippen LogP contribution in [0.2, 0.25) is 0 Å². The number of aromatic nitrogens is 4. The summed E-state index contributed by atoms with van der Waals surface area (Å²) in [6.45, 7) is 3.17. The molecule has 0 radical (unpaired) electrons. The molecular weight excluding hydrogens is 370 g/mol. The maximum absolute atomic E-state index is 6.01. The number of aryl methyl sites for hydroxylation is 2. The highest BCUT2D eigenvalue weighted by Gasteiger charge is 2.08. The summed E-state index contributed by atoms with van der Waals surface area (Å²) in [5, 5.41) is 14.6. The van der Waals surface area contributed by atoms with E-state index >= 15 is 0 Å². The van der Waals surface area contributed by atoms with E-state index in [0.29, 0.717) is 19.1 Å². The Hall–Kier alpha value is -2.41. The van der Waals surface area contributed by atoms with E-state index in [-0.39, 0.29) is 0 Å². The van der Waals surface area contributed by atoms with Crippen molar-refractivity contribution in [2.75, 3.05) is 5.32 Å². The van der Waals surface area contributed by atoms with Gasteiger partial charge in [-0.2, -0.15) is 0 Å². The molecule has 0 aliphatic rings. The molecule has 0 saturated heterocycles. The predicted octanol–water partition coefficient (Wildman–Crippen LogP) is 3.47. The number of benzene rings is 2. The molecule has 0 unspecified atom stereocenters. The maximum atomic E-state index is 6.01. The van der Waals surface area contributed by atoms with Crippen LogP contribution >= 0.6 is 15.9 Å². The van der Waals surface area contributed by atoms with E-state index in [9.17, 15) is 0 Å². The van der Waals surface area contributed by atoms with Gasteiger partial charge in [-0.25, -0.2) is 4.68 Å². The predicted molar refractivity (Wildman–Crippen MR) is 95.8 cm³/mol. The SMILES string of the molecule is Cc1cccc(COc2ccc(Br)cc2CNc2nnnn2C)c1. The van der Waals surface area contributed by atoms with E-state index in [2.05, 4.69) is 61.9 Å². The zero-order valence-corrected chi connectivity index (χ0v) is 15.1. The third kappa shape index (κ3) is 4.11. The van der Waals surface area contributed by atoms with E-state index in [1.807, 2.05) is 24.3 Å². The molecule has 3 rings (SSSR count). The summed E-state index contributed by atoms with van der Waals surface area (Å²) in [6, 6.07) is 14.3. The molecule has 7 heteroatoms. The Labute approximate surface area is 149 Å². The van der Waals surface area contributed by atoms with Crippen LogP contribution in [-0.2, 0) is 20.2 Å². The number of halogens is 1. The molecule has 0 spiro atoms. The second-order valence-corrected chi connectivity index (χ2v) is 6.43. The molecule has 0 amide bonds. The molecule has 0 aliphatic heterocycles. The minimum Gasteiger partial charge on any atom is -0.489 e. The van der Waals surface area contributed by atoms with Gasteiger partial charge in [0.15, 0.2) is 0 Å². The second kappa shape index (κ2) is 7.44. The van der Waals surface area contributed by atoms with Crippen LogP contribution in [0.1, 0.15) is 16.7 Å². The molecule has 0 bridgehead atoms. The Balaban J connectivity index is 1.71. The first-order chi connectivity index (χ1) is 11.6. The van der Waals surface area contributed by atoms with Crippen LogP contribution in [-0.4, -0.2) is 20.2 Å². The number of nitrogens with one attached hydrogen (secondary N) is 1. The van der Waals surface area contributed by atoms with Crippen LogP contribution in [0.4, 0.5) is 5.95 Å². The minimum atomic E-state index is 0.530. The third-order valence-electron chi connectivity index (χ3n) is 3.56. The first-order valence-corrected chi connectivity index (χ1v) is 8.34. The highest BCUT2D eigenvalue weighted by Crippen LogP contribution is 2.25. The number of nitrogens with zero attached hydrogens (tertiary/aromatic N) is 4. The lowest BCUT2D eigenvalue weighted by atomic mass is 10.1. The van der Waals surface area contributed by atoms with Crippen molar-refractivity contribution < 1.29 is 4.74 Å². The van der Waals surface area contributed by atoms with Crippen molar-refractivity contribution >= 4 is 21.9 Å². The van der Waals surface area contributed by atoms with Crippen molar-refractivity contribution in [2.24, 2.45) is 7.05 Å². The molecule has 1 aromatic heterocycles. The lowest BCUT2D eigenvalue weighted by Gasteiger charge is -2.13. The molecule has 2 aromatic carbocycles. The summed E-state index contributed by atoms with van der Waals surface area (Å²) >= 11 is 3.51. The number of anilines is 1. The second-order valence-electron chi connectivity index (χ2n) is 5.51. The average Bonchev–Trinajstić information content (AvgIpc) is 2.97. The normalized spacial score (nSPS) is 10.6. The summed E-state index contributed by atoms with van der Waals surface area (Å²) in [7, 11) is 1.79. The molecule has 3 aromatic rings. The molecule has 1 N–H and O–H groups in total. The van der Waals surface area contributed by atoms with Gasteiger partial charge in [0.05, 0.1) is 0 Å². The van der Waals surface area contributed by atoms with Crippen molar-refractivity contribution in [3.8, 4) is 5.75 Å². The molecule has 0 saturated carbocycles. The van der Waals surface area contributed by atoms with Crippen molar-refractivity contribution in [2.45, 2.75) is 20.1 Å². The van der Waals surface area contributed by atoms with E-state index in [1.54, 1.807) is 11.7 Å². The van der Waals surface area contributed by atoms with Gasteiger partial charge in [-0.1, -0.05) is 50.9 Å². The summed E-state index contributed by atoms with van der Waals surface area (Å²) in [5.41, 5.74) is 3.40. The highest BCUT2D eigenvalue weighted by molar-refractivity contribution is 9.10. The van der Waals surface area contributed by atoms with Gasteiger partial charge < -0.3 is 10.1 Å². The van der Waals surface area contributed by atoms with Crippen molar-refractivity contribution in [1.29, 1.82) is 0 Å². The van der Waals surface area contributed by atoms with Gasteiger partial charge in [0.2, 0.25) is 5.95 Å². The zero-order chi connectivity index (χ0) is 16.9. The highest BCUT2D eigenvalue weighted by atomic mass is 79.9. The number of tetrazole rings is 1. The lowest BCUT2D eigenvalue weighted by molar-refractivity contribution is 0.303. The number of hydrogen-bond acceptors (Lipinski definition) is 5. The van der Waals surface area contributed by atoms with Gasteiger partial charge in [-0.05, 0) is 41.1 Å². The minimum absolute atomic E-state index is 0.530. The zero-order valence-electron chi connectivity index (χ0n) is 13.5. The lowest BCUT2D eigenvalue weighted by Crippen LogP contribution is -2.07. The summed E-state index contributed by atoms with van der Waals surface area (Å²) in [4.78, 5) is 0. The Kier molecular flexibility index (Phi) is 5.10. The topological polar surface area (TPSA) is 64.9 Å². The number of hydrogen-bond donors (Lipinski definition) is 1. The average molecular weight is 388 g/mol.